The van der Waals surface area contributed by atoms with Gasteiger partial charge in [0.2, 0.25) is 0 Å². The van der Waals surface area contributed by atoms with Crippen molar-refractivity contribution in [3.63, 3.8) is 0 Å². The Morgan fingerprint density at radius 2 is 1.60 bits per heavy atom. The Morgan fingerprint density at radius 3 is 2.14 bits per heavy atom. The second-order valence-electron chi connectivity index (χ2n) is 8.97. The van der Waals surface area contributed by atoms with Crippen LogP contribution in [0.1, 0.15) is 49.8 Å². The van der Waals surface area contributed by atoms with E-state index < -0.39 is 11.4 Å². The SMILES string of the molecule is C[C@H](CNCCCNc1cccc(C#N)c1N)c1ccc(C(C)(C)C(=O)O)cc1.c1ccccc1. The maximum atomic E-state index is 11.4. The molecule has 0 aliphatic heterocycles. The summed E-state index contributed by atoms with van der Waals surface area (Å²) in [5.41, 5.74) is 8.83. The number of nitriles is 1. The summed E-state index contributed by atoms with van der Waals surface area (Å²) in [4.78, 5) is 11.4. The molecule has 0 aliphatic carbocycles. The van der Waals surface area contributed by atoms with Crippen molar-refractivity contribution in [2.24, 2.45) is 0 Å². The first-order chi connectivity index (χ1) is 16.8. The van der Waals surface area contributed by atoms with Crippen LogP contribution in [0, 0.1) is 11.3 Å². The lowest BCUT2D eigenvalue weighted by Gasteiger charge is -2.21. The second-order valence-corrected chi connectivity index (χ2v) is 8.97. The summed E-state index contributed by atoms with van der Waals surface area (Å²) in [5, 5.41) is 25.1. The molecule has 0 saturated carbocycles. The fourth-order valence-electron chi connectivity index (χ4n) is 3.43. The molecule has 6 nitrogen and oxygen atoms in total. The molecular formula is C29H36N4O2. The van der Waals surface area contributed by atoms with Crippen molar-refractivity contribution in [3.8, 4) is 6.07 Å². The van der Waals surface area contributed by atoms with Gasteiger partial charge in [-0.25, -0.2) is 0 Å². The van der Waals surface area contributed by atoms with E-state index in [-0.39, 0.29) is 0 Å². The van der Waals surface area contributed by atoms with Gasteiger partial charge in [-0.2, -0.15) is 5.26 Å². The van der Waals surface area contributed by atoms with Crippen LogP contribution in [0.25, 0.3) is 0 Å². The highest BCUT2D eigenvalue weighted by atomic mass is 16.4. The van der Waals surface area contributed by atoms with Crippen molar-refractivity contribution in [3.05, 3.63) is 95.6 Å². The number of benzene rings is 3. The van der Waals surface area contributed by atoms with Gasteiger partial charge in [0.05, 0.1) is 22.4 Å². The van der Waals surface area contributed by atoms with Crippen molar-refractivity contribution >= 4 is 17.3 Å². The lowest BCUT2D eigenvalue weighted by atomic mass is 9.84. The molecule has 3 aromatic carbocycles. The zero-order chi connectivity index (χ0) is 25.7. The Kier molecular flexibility index (Phi) is 10.8. The van der Waals surface area contributed by atoms with Crippen LogP contribution < -0.4 is 16.4 Å². The molecule has 0 aromatic heterocycles. The number of anilines is 2. The number of nitrogens with two attached hydrogens (primary N) is 1. The molecule has 0 spiro atoms. The van der Waals surface area contributed by atoms with Crippen molar-refractivity contribution in [2.45, 2.75) is 38.5 Å². The molecule has 6 heteroatoms. The van der Waals surface area contributed by atoms with Gasteiger partial charge < -0.3 is 21.5 Å². The number of nitrogens with zero attached hydrogens (tertiary/aromatic N) is 1. The second kappa shape index (κ2) is 13.8. The number of hydrogen-bond donors (Lipinski definition) is 4. The van der Waals surface area contributed by atoms with Crippen LogP contribution in [0.3, 0.4) is 0 Å². The minimum atomic E-state index is -0.886. The molecule has 0 amide bonds. The fraction of sp³-hybridized carbons (Fsp3) is 0.310. The van der Waals surface area contributed by atoms with Crippen LogP contribution in [0.2, 0.25) is 0 Å². The summed E-state index contributed by atoms with van der Waals surface area (Å²) in [5.74, 6) is -0.498. The van der Waals surface area contributed by atoms with Gasteiger partial charge in [-0.05, 0) is 56.0 Å². The lowest BCUT2D eigenvalue weighted by molar-refractivity contribution is -0.142. The normalized spacial score (nSPS) is 11.5. The Balaban J connectivity index is 0.000000625. The number of aliphatic carboxylic acids is 1. The van der Waals surface area contributed by atoms with E-state index in [1.807, 2.05) is 72.8 Å². The molecule has 35 heavy (non-hydrogen) atoms. The van der Waals surface area contributed by atoms with Gasteiger partial charge in [0, 0.05) is 13.1 Å². The smallest absolute Gasteiger partial charge is 0.313 e. The Bertz CT molecular complexity index is 1060. The Morgan fingerprint density at radius 1 is 1.00 bits per heavy atom. The van der Waals surface area contributed by atoms with E-state index in [1.54, 1.807) is 19.9 Å². The third kappa shape index (κ3) is 8.47. The van der Waals surface area contributed by atoms with E-state index >= 15 is 0 Å². The van der Waals surface area contributed by atoms with Crippen LogP contribution in [0.15, 0.2) is 78.9 Å². The van der Waals surface area contributed by atoms with Gasteiger partial charge in [0.25, 0.3) is 0 Å². The zero-order valence-corrected chi connectivity index (χ0v) is 20.8. The molecule has 3 aromatic rings. The number of nitrogen functional groups attached to an aromatic ring is 1. The third-order valence-corrected chi connectivity index (χ3v) is 5.93. The zero-order valence-electron chi connectivity index (χ0n) is 20.8. The maximum Gasteiger partial charge on any atom is 0.313 e. The fourth-order valence-corrected chi connectivity index (χ4v) is 3.43. The molecule has 0 bridgehead atoms. The predicted octanol–water partition coefficient (Wildman–Crippen LogP) is 5.38. The van der Waals surface area contributed by atoms with Gasteiger partial charge >= 0.3 is 5.97 Å². The Hall–Kier alpha value is -3.82. The standard InChI is InChI=1S/C23H30N4O2.C6H6/c1-16(17-8-10-19(11-9-17)23(2,3)22(28)29)15-26-12-5-13-27-20-7-4-6-18(14-24)21(20)25;1-2-4-6-5-3-1/h4,6-11,16,26-27H,5,12-13,15,25H2,1-3H3,(H,28,29);1-6H/t16-;/m1./s1. The highest BCUT2D eigenvalue weighted by Gasteiger charge is 2.29. The summed E-state index contributed by atoms with van der Waals surface area (Å²) in [6.45, 7) is 8.05. The van der Waals surface area contributed by atoms with Crippen molar-refractivity contribution in [1.82, 2.24) is 5.32 Å². The molecule has 3 rings (SSSR count). The van der Waals surface area contributed by atoms with E-state index in [4.69, 9.17) is 11.0 Å². The Labute approximate surface area is 208 Å². The minimum absolute atomic E-state index is 0.327. The van der Waals surface area contributed by atoms with Crippen LogP contribution in [0.4, 0.5) is 11.4 Å². The largest absolute Gasteiger partial charge is 0.481 e. The molecule has 0 unspecified atom stereocenters. The van der Waals surface area contributed by atoms with Crippen molar-refractivity contribution in [2.75, 3.05) is 30.7 Å². The summed E-state index contributed by atoms with van der Waals surface area (Å²) in [7, 11) is 0. The molecule has 0 heterocycles. The van der Waals surface area contributed by atoms with E-state index in [0.29, 0.717) is 17.2 Å². The first-order valence-corrected chi connectivity index (χ1v) is 11.8. The number of nitrogens with one attached hydrogen (secondary N) is 2. The van der Waals surface area contributed by atoms with Gasteiger partial charge in [0.1, 0.15) is 6.07 Å². The lowest BCUT2D eigenvalue weighted by Crippen LogP contribution is -2.28. The average molecular weight is 473 g/mol. The summed E-state index contributed by atoms with van der Waals surface area (Å²) >= 11 is 0. The summed E-state index contributed by atoms with van der Waals surface area (Å²) in [6.07, 6.45) is 0.925. The third-order valence-electron chi connectivity index (χ3n) is 5.93. The molecular weight excluding hydrogens is 436 g/mol. The number of carboxylic acids is 1. The predicted molar refractivity (Wildman–Crippen MR) is 144 cm³/mol. The number of rotatable bonds is 10. The van der Waals surface area contributed by atoms with Crippen LogP contribution >= 0.6 is 0 Å². The van der Waals surface area contributed by atoms with E-state index in [2.05, 4.69) is 23.6 Å². The number of carboxylic acid groups (broad SMARTS) is 1. The van der Waals surface area contributed by atoms with Crippen molar-refractivity contribution < 1.29 is 9.90 Å². The summed E-state index contributed by atoms with van der Waals surface area (Å²) < 4.78 is 0. The molecule has 5 N–H and O–H groups in total. The van der Waals surface area contributed by atoms with Gasteiger partial charge in [-0.15, -0.1) is 0 Å². The first kappa shape index (κ1) is 27.4. The van der Waals surface area contributed by atoms with Crippen LogP contribution in [0.5, 0.6) is 0 Å². The summed E-state index contributed by atoms with van der Waals surface area (Å²) in [6, 6.07) is 27.3. The molecule has 1 atom stereocenters. The molecule has 184 valence electrons. The molecule has 0 radical (unpaired) electrons. The quantitative estimate of drug-likeness (QED) is 0.233. The van der Waals surface area contributed by atoms with Gasteiger partial charge in [-0.1, -0.05) is 73.7 Å². The number of hydrogen-bond acceptors (Lipinski definition) is 5. The molecule has 0 saturated heterocycles. The van der Waals surface area contributed by atoms with Crippen LogP contribution in [-0.2, 0) is 10.2 Å². The van der Waals surface area contributed by atoms with E-state index in [0.717, 1.165) is 37.3 Å². The highest BCUT2D eigenvalue weighted by Crippen LogP contribution is 2.25. The van der Waals surface area contributed by atoms with Crippen LogP contribution in [-0.4, -0.2) is 30.7 Å². The number of carbonyl (C=O) groups is 1. The van der Waals surface area contributed by atoms with Gasteiger partial charge in [-0.3, -0.25) is 4.79 Å². The maximum absolute atomic E-state index is 11.4. The monoisotopic (exact) mass is 472 g/mol. The number of para-hydroxylation sites is 1. The average Bonchev–Trinajstić information content (AvgIpc) is 2.88. The van der Waals surface area contributed by atoms with Crippen molar-refractivity contribution in [1.29, 1.82) is 5.26 Å². The van der Waals surface area contributed by atoms with E-state index in [9.17, 15) is 9.90 Å². The molecule has 0 aliphatic rings. The highest BCUT2D eigenvalue weighted by molar-refractivity contribution is 5.80. The van der Waals surface area contributed by atoms with Gasteiger partial charge in [0.15, 0.2) is 0 Å². The molecule has 0 fully saturated rings. The topological polar surface area (TPSA) is 111 Å². The minimum Gasteiger partial charge on any atom is -0.481 e. The first-order valence-electron chi connectivity index (χ1n) is 11.8. The van der Waals surface area contributed by atoms with E-state index in [1.165, 1.54) is 5.56 Å².